The van der Waals surface area contributed by atoms with Crippen LogP contribution in [0.1, 0.15) is 18.9 Å². The van der Waals surface area contributed by atoms with Gasteiger partial charge in [-0.05, 0) is 12.5 Å². The van der Waals surface area contributed by atoms with E-state index in [0.717, 1.165) is 5.56 Å². The number of benzene rings is 1. The van der Waals surface area contributed by atoms with Crippen LogP contribution in [0, 0.1) is 0 Å². The van der Waals surface area contributed by atoms with Crippen molar-refractivity contribution in [3.8, 4) is 0 Å². The molecule has 106 valence electrons. The Balaban J connectivity index is 2.45. The quantitative estimate of drug-likeness (QED) is 0.836. The number of nitrogens with one attached hydrogen (secondary N) is 1. The highest BCUT2D eigenvalue weighted by Crippen LogP contribution is 2.15. The number of aliphatic hydroxyl groups is 1. The number of aliphatic hydroxyl groups excluding tert-OH is 1. The van der Waals surface area contributed by atoms with Crippen LogP contribution in [0.4, 0.5) is 13.6 Å². The minimum Gasteiger partial charge on any atom is -0.445 e. The molecule has 1 aromatic rings. The fourth-order valence-corrected chi connectivity index (χ4v) is 1.50. The second-order valence-corrected chi connectivity index (χ2v) is 4.50. The van der Waals surface area contributed by atoms with Crippen molar-refractivity contribution >= 4 is 6.09 Å². The summed E-state index contributed by atoms with van der Waals surface area (Å²) in [5.74, 6) is 0. The summed E-state index contributed by atoms with van der Waals surface area (Å²) >= 11 is 0. The Morgan fingerprint density at radius 1 is 1.42 bits per heavy atom. The maximum Gasteiger partial charge on any atom is 0.407 e. The lowest BCUT2D eigenvalue weighted by Gasteiger charge is -2.27. The Morgan fingerprint density at radius 3 is 2.58 bits per heavy atom. The van der Waals surface area contributed by atoms with Gasteiger partial charge in [0, 0.05) is 6.42 Å². The molecular weight excluding hydrogens is 256 g/mol. The molecule has 1 amide bonds. The van der Waals surface area contributed by atoms with Crippen LogP contribution < -0.4 is 5.32 Å². The second kappa shape index (κ2) is 7.04. The first-order valence-corrected chi connectivity index (χ1v) is 5.83. The highest BCUT2D eigenvalue weighted by Gasteiger charge is 2.30. The first-order chi connectivity index (χ1) is 8.95. The van der Waals surface area contributed by atoms with Crippen LogP contribution in [0.15, 0.2) is 30.3 Å². The number of hydrogen-bond donors (Lipinski definition) is 2. The van der Waals surface area contributed by atoms with E-state index in [-0.39, 0.29) is 6.61 Å². The Morgan fingerprint density at radius 2 is 2.05 bits per heavy atom. The molecule has 0 aliphatic carbocycles. The van der Waals surface area contributed by atoms with Crippen molar-refractivity contribution in [1.29, 1.82) is 0 Å². The molecule has 0 spiro atoms. The number of rotatable bonds is 6. The van der Waals surface area contributed by atoms with Gasteiger partial charge in [0.25, 0.3) is 0 Å². The maximum atomic E-state index is 12.3. The van der Waals surface area contributed by atoms with E-state index in [1.807, 2.05) is 6.07 Å². The number of halogens is 2. The number of alkyl carbamates (subject to hydrolysis) is 1. The molecule has 1 atom stereocenters. The molecule has 6 heteroatoms. The van der Waals surface area contributed by atoms with Crippen LogP contribution in [0.2, 0.25) is 0 Å². The number of alkyl halides is 2. The average Bonchev–Trinajstić information content (AvgIpc) is 2.36. The number of carbonyl (C=O) groups excluding carboxylic acids is 1. The molecule has 19 heavy (non-hydrogen) atoms. The Bertz CT molecular complexity index is 400. The maximum absolute atomic E-state index is 12.3. The van der Waals surface area contributed by atoms with Crippen LogP contribution in [0.3, 0.4) is 0 Å². The predicted molar refractivity (Wildman–Crippen MR) is 65.9 cm³/mol. The average molecular weight is 273 g/mol. The SMILES string of the molecule is CC(CO)(CC(F)F)NC(=O)OCc1ccccc1. The summed E-state index contributed by atoms with van der Waals surface area (Å²) in [6, 6.07) is 8.97. The lowest BCUT2D eigenvalue weighted by molar-refractivity contribution is 0.0598. The molecule has 0 saturated heterocycles. The fourth-order valence-electron chi connectivity index (χ4n) is 1.50. The van der Waals surface area contributed by atoms with Crippen LogP contribution in [-0.2, 0) is 11.3 Å². The standard InChI is InChI=1S/C13H17F2NO3/c1-13(9-17,7-11(14)15)16-12(18)19-8-10-5-3-2-4-6-10/h2-6,11,17H,7-9H2,1H3,(H,16,18). The van der Waals surface area contributed by atoms with Gasteiger partial charge in [0.1, 0.15) is 6.61 Å². The number of hydrogen-bond acceptors (Lipinski definition) is 3. The van der Waals surface area contributed by atoms with Gasteiger partial charge in [0.05, 0.1) is 12.1 Å². The summed E-state index contributed by atoms with van der Waals surface area (Å²) in [6.07, 6.45) is -4.09. The zero-order valence-corrected chi connectivity index (χ0v) is 10.6. The highest BCUT2D eigenvalue weighted by atomic mass is 19.3. The van der Waals surface area contributed by atoms with Crippen molar-refractivity contribution in [2.45, 2.75) is 31.9 Å². The zero-order chi connectivity index (χ0) is 14.3. The first kappa shape index (κ1) is 15.4. The van der Waals surface area contributed by atoms with Gasteiger partial charge in [-0.2, -0.15) is 0 Å². The fraction of sp³-hybridized carbons (Fsp3) is 0.462. The third kappa shape index (κ3) is 5.65. The number of ether oxygens (including phenoxy) is 1. The molecule has 2 N–H and O–H groups in total. The van der Waals surface area contributed by atoms with Gasteiger partial charge in [-0.25, -0.2) is 13.6 Å². The third-order valence-electron chi connectivity index (χ3n) is 2.57. The van der Waals surface area contributed by atoms with Gasteiger partial charge in [0.15, 0.2) is 0 Å². The summed E-state index contributed by atoms with van der Waals surface area (Å²) in [6.45, 7) is 0.795. The molecule has 1 rings (SSSR count). The van der Waals surface area contributed by atoms with E-state index in [2.05, 4.69) is 5.32 Å². The number of carbonyl (C=O) groups is 1. The molecule has 0 fully saturated rings. The van der Waals surface area contributed by atoms with E-state index in [0.29, 0.717) is 0 Å². The minimum absolute atomic E-state index is 0.0445. The summed E-state index contributed by atoms with van der Waals surface area (Å²) < 4.78 is 29.5. The van der Waals surface area contributed by atoms with Gasteiger partial charge >= 0.3 is 6.09 Å². The normalized spacial score (nSPS) is 13.9. The van der Waals surface area contributed by atoms with Crippen LogP contribution in [0.25, 0.3) is 0 Å². The molecule has 0 heterocycles. The third-order valence-corrected chi connectivity index (χ3v) is 2.57. The van der Waals surface area contributed by atoms with Crippen molar-refractivity contribution in [1.82, 2.24) is 5.32 Å². The lowest BCUT2D eigenvalue weighted by atomic mass is 10.00. The molecule has 1 unspecified atom stereocenters. The van der Waals surface area contributed by atoms with Crippen molar-refractivity contribution in [3.63, 3.8) is 0 Å². The molecule has 0 aromatic heterocycles. The summed E-state index contributed by atoms with van der Waals surface area (Å²) in [4.78, 5) is 11.5. The van der Waals surface area contributed by atoms with Crippen molar-refractivity contribution < 1.29 is 23.4 Å². The Kier molecular flexibility index (Phi) is 5.69. The van der Waals surface area contributed by atoms with Gasteiger partial charge in [-0.1, -0.05) is 30.3 Å². The Labute approximate surface area is 110 Å². The molecule has 0 bridgehead atoms. The van der Waals surface area contributed by atoms with Crippen molar-refractivity contribution in [2.75, 3.05) is 6.61 Å². The molecule has 1 aromatic carbocycles. The van der Waals surface area contributed by atoms with E-state index in [9.17, 15) is 13.6 Å². The predicted octanol–water partition coefficient (Wildman–Crippen LogP) is 2.32. The van der Waals surface area contributed by atoms with Gasteiger partial charge in [0.2, 0.25) is 6.43 Å². The van der Waals surface area contributed by atoms with Gasteiger partial charge in [-0.3, -0.25) is 0 Å². The molecule has 0 radical (unpaired) electrons. The Hall–Kier alpha value is -1.69. The van der Waals surface area contributed by atoms with E-state index in [1.165, 1.54) is 6.92 Å². The van der Waals surface area contributed by atoms with E-state index >= 15 is 0 Å². The van der Waals surface area contributed by atoms with Crippen molar-refractivity contribution in [3.05, 3.63) is 35.9 Å². The topological polar surface area (TPSA) is 58.6 Å². The summed E-state index contributed by atoms with van der Waals surface area (Å²) in [5, 5.41) is 11.3. The highest BCUT2D eigenvalue weighted by molar-refractivity contribution is 5.68. The smallest absolute Gasteiger partial charge is 0.407 e. The van der Waals surface area contributed by atoms with Gasteiger partial charge in [-0.15, -0.1) is 0 Å². The first-order valence-electron chi connectivity index (χ1n) is 5.83. The summed E-state index contributed by atoms with van der Waals surface area (Å²) in [5.41, 5.74) is -0.598. The largest absolute Gasteiger partial charge is 0.445 e. The second-order valence-electron chi connectivity index (χ2n) is 4.50. The molecule has 0 aliphatic heterocycles. The monoisotopic (exact) mass is 273 g/mol. The van der Waals surface area contributed by atoms with E-state index in [1.54, 1.807) is 24.3 Å². The van der Waals surface area contributed by atoms with Crippen LogP contribution >= 0.6 is 0 Å². The zero-order valence-electron chi connectivity index (χ0n) is 10.6. The van der Waals surface area contributed by atoms with Crippen LogP contribution in [-0.4, -0.2) is 29.8 Å². The summed E-state index contributed by atoms with van der Waals surface area (Å²) in [7, 11) is 0. The molecule has 4 nitrogen and oxygen atoms in total. The van der Waals surface area contributed by atoms with Gasteiger partial charge < -0.3 is 15.2 Å². The molecule has 0 saturated carbocycles. The lowest BCUT2D eigenvalue weighted by Crippen LogP contribution is -2.50. The molecule has 0 aliphatic rings. The minimum atomic E-state index is -2.62. The van der Waals surface area contributed by atoms with Crippen LogP contribution in [0.5, 0.6) is 0 Å². The van der Waals surface area contributed by atoms with Crippen molar-refractivity contribution in [2.24, 2.45) is 0 Å². The van der Waals surface area contributed by atoms with E-state index in [4.69, 9.17) is 9.84 Å². The molecular formula is C13H17F2NO3. The number of amides is 1. The van der Waals surface area contributed by atoms with E-state index < -0.39 is 31.1 Å².